The number of hydroxylamine groups is 2. The molecule has 3 aliphatic carbocycles. The third kappa shape index (κ3) is 5.73. The summed E-state index contributed by atoms with van der Waals surface area (Å²) < 4.78 is 13.9. The standard InChI is InChI=1S/C37H48BN3O4/c1-24(2)19-33(38-43-32-21-27-20-31(36(27,3)4)37(32,5)45-38)41-28(22-29(44-41)16-15-25-11-7-6-8-12-25)23-40-35(42)34-30-14-10-9-13-26(30)17-18-39-34/h6-14,17-18,24,27-29,31-33H,15-16,19-23H2,1-5H3,(H,40,42)/t27-,28?,29?,31-,32+,33-,37-/m0/s1. The van der Waals surface area contributed by atoms with Crippen LogP contribution in [0, 0.1) is 23.2 Å². The van der Waals surface area contributed by atoms with E-state index in [0.717, 1.165) is 42.9 Å². The number of aromatic nitrogens is 1. The van der Waals surface area contributed by atoms with Gasteiger partial charge in [-0.3, -0.25) is 14.6 Å². The van der Waals surface area contributed by atoms with E-state index < -0.39 is 0 Å². The van der Waals surface area contributed by atoms with Crippen LogP contribution in [0.5, 0.6) is 0 Å². The van der Waals surface area contributed by atoms with Gasteiger partial charge in [0.25, 0.3) is 5.91 Å². The van der Waals surface area contributed by atoms with Gasteiger partial charge in [0, 0.05) is 18.1 Å². The van der Waals surface area contributed by atoms with Crippen molar-refractivity contribution in [2.45, 2.75) is 103 Å². The molecule has 1 aromatic heterocycles. The number of benzene rings is 2. The minimum atomic E-state index is -0.372. The molecule has 2 bridgehead atoms. The van der Waals surface area contributed by atoms with E-state index in [1.54, 1.807) is 6.20 Å². The maximum Gasteiger partial charge on any atom is 0.478 e. The van der Waals surface area contributed by atoms with E-state index in [1.807, 2.05) is 30.3 Å². The molecule has 1 N–H and O–H groups in total. The normalized spacial score (nSPS) is 31.2. The maximum atomic E-state index is 13.6. The Labute approximate surface area is 268 Å². The van der Waals surface area contributed by atoms with Gasteiger partial charge in [0.1, 0.15) is 5.69 Å². The van der Waals surface area contributed by atoms with E-state index in [1.165, 1.54) is 12.0 Å². The summed E-state index contributed by atoms with van der Waals surface area (Å²) in [5.74, 6) is 1.38. The molecule has 0 spiro atoms. The largest absolute Gasteiger partial charge is 0.478 e. The molecule has 7 atom stereocenters. The Hall–Kier alpha value is -2.78. The second kappa shape index (κ2) is 12.1. The zero-order chi connectivity index (χ0) is 31.3. The molecule has 8 rings (SSSR count). The van der Waals surface area contributed by atoms with E-state index in [2.05, 4.69) is 80.3 Å². The van der Waals surface area contributed by atoms with Gasteiger partial charge in [-0.05, 0) is 85.6 Å². The SMILES string of the molecule is CC(C)C[C@@H](B1O[C@@H]2C[C@@H]3C[C@@H](C3(C)C)[C@]2(C)O1)N1OC(CCc2ccccc2)CC1CNC(=O)c1nccc2ccccc12. The van der Waals surface area contributed by atoms with Crippen LogP contribution >= 0.6 is 0 Å². The molecule has 2 aromatic carbocycles. The number of pyridine rings is 1. The molecule has 3 aromatic rings. The van der Waals surface area contributed by atoms with Crippen LogP contribution in [0.15, 0.2) is 66.9 Å². The van der Waals surface area contributed by atoms with E-state index in [-0.39, 0.29) is 48.2 Å². The molecule has 2 unspecified atom stereocenters. The van der Waals surface area contributed by atoms with Crippen molar-refractivity contribution < 1.29 is 18.9 Å². The Morgan fingerprint density at radius 1 is 1.04 bits per heavy atom. The Morgan fingerprint density at radius 2 is 1.82 bits per heavy atom. The monoisotopic (exact) mass is 609 g/mol. The van der Waals surface area contributed by atoms with Gasteiger partial charge >= 0.3 is 7.12 Å². The summed E-state index contributed by atoms with van der Waals surface area (Å²) in [5.41, 5.74) is 1.77. The smallest absolute Gasteiger partial charge is 0.404 e. The molecule has 8 heteroatoms. The number of nitrogens with one attached hydrogen (secondary N) is 1. The number of amides is 1. The Balaban J connectivity index is 1.12. The van der Waals surface area contributed by atoms with Crippen molar-refractivity contribution in [3.05, 3.63) is 78.1 Å². The van der Waals surface area contributed by atoms with Crippen molar-refractivity contribution in [3.63, 3.8) is 0 Å². The van der Waals surface area contributed by atoms with Crippen molar-refractivity contribution in [1.82, 2.24) is 15.4 Å². The minimum absolute atomic E-state index is 0.0128. The molecule has 238 valence electrons. The number of carbonyl (C=O) groups excluding carboxylic acids is 1. The third-order valence-corrected chi connectivity index (χ3v) is 11.5. The second-order valence-corrected chi connectivity index (χ2v) is 15.1. The van der Waals surface area contributed by atoms with Gasteiger partial charge < -0.3 is 14.6 Å². The van der Waals surface area contributed by atoms with Crippen LogP contribution in [-0.2, 0) is 20.6 Å². The first kappa shape index (κ1) is 30.9. The highest BCUT2D eigenvalue weighted by Crippen LogP contribution is 2.66. The van der Waals surface area contributed by atoms with Crippen LogP contribution in [0.25, 0.3) is 10.8 Å². The molecule has 5 fully saturated rings. The lowest BCUT2D eigenvalue weighted by Crippen LogP contribution is -2.65. The molecule has 2 saturated heterocycles. The number of hydrogen-bond acceptors (Lipinski definition) is 6. The highest BCUT2D eigenvalue weighted by molar-refractivity contribution is 6.47. The van der Waals surface area contributed by atoms with Crippen molar-refractivity contribution in [2.24, 2.45) is 23.2 Å². The number of nitrogens with zero attached hydrogens (tertiary/aromatic N) is 2. The zero-order valence-corrected chi connectivity index (χ0v) is 27.4. The molecule has 1 amide bonds. The summed E-state index contributed by atoms with van der Waals surface area (Å²) in [4.78, 5) is 24.9. The van der Waals surface area contributed by atoms with Crippen LogP contribution in [0.4, 0.5) is 0 Å². The Morgan fingerprint density at radius 3 is 2.60 bits per heavy atom. The molecule has 3 saturated carbocycles. The lowest BCUT2D eigenvalue weighted by molar-refractivity contribution is -0.200. The van der Waals surface area contributed by atoms with Gasteiger partial charge in [-0.2, -0.15) is 5.06 Å². The quantitative estimate of drug-likeness (QED) is 0.260. The summed E-state index contributed by atoms with van der Waals surface area (Å²) in [6.45, 7) is 12.1. The van der Waals surface area contributed by atoms with Gasteiger partial charge in [-0.1, -0.05) is 82.3 Å². The first-order valence-electron chi connectivity index (χ1n) is 17.1. The van der Waals surface area contributed by atoms with Gasteiger partial charge in [0.05, 0.1) is 29.8 Å². The number of rotatable bonds is 10. The first-order chi connectivity index (χ1) is 21.6. The summed E-state index contributed by atoms with van der Waals surface area (Å²) in [6, 6.07) is 20.4. The van der Waals surface area contributed by atoms with Gasteiger partial charge in [0.2, 0.25) is 0 Å². The lowest BCUT2D eigenvalue weighted by Gasteiger charge is -2.64. The minimum Gasteiger partial charge on any atom is -0.404 e. The topological polar surface area (TPSA) is 72.9 Å². The lowest BCUT2D eigenvalue weighted by atomic mass is 9.43. The van der Waals surface area contributed by atoms with Crippen molar-refractivity contribution in [1.29, 1.82) is 0 Å². The fourth-order valence-corrected chi connectivity index (χ4v) is 8.85. The molecule has 45 heavy (non-hydrogen) atoms. The molecular formula is C37H48BN3O4. The highest BCUT2D eigenvalue weighted by atomic mass is 16.7. The summed E-state index contributed by atoms with van der Waals surface area (Å²) in [5, 5.41) is 7.26. The van der Waals surface area contributed by atoms with E-state index >= 15 is 0 Å². The van der Waals surface area contributed by atoms with E-state index in [9.17, 15) is 4.79 Å². The fraction of sp³-hybridized carbons (Fsp3) is 0.568. The van der Waals surface area contributed by atoms with E-state index in [4.69, 9.17) is 14.1 Å². The zero-order valence-electron chi connectivity index (χ0n) is 27.4. The molecule has 2 aliphatic heterocycles. The van der Waals surface area contributed by atoms with Gasteiger partial charge in [-0.15, -0.1) is 0 Å². The number of carbonyl (C=O) groups is 1. The van der Waals surface area contributed by atoms with Crippen LogP contribution in [0.2, 0.25) is 0 Å². The van der Waals surface area contributed by atoms with Crippen LogP contribution in [0.1, 0.15) is 82.8 Å². The average molecular weight is 610 g/mol. The van der Waals surface area contributed by atoms with Gasteiger partial charge in [-0.25, -0.2) is 0 Å². The molecule has 0 radical (unpaired) electrons. The summed E-state index contributed by atoms with van der Waals surface area (Å²) >= 11 is 0. The molecule has 5 aliphatic rings. The molecular weight excluding hydrogens is 561 g/mol. The molecule has 7 nitrogen and oxygen atoms in total. The highest BCUT2D eigenvalue weighted by Gasteiger charge is 2.69. The number of hydrogen-bond donors (Lipinski definition) is 1. The number of aryl methyl sites for hydroxylation is 1. The van der Waals surface area contributed by atoms with Crippen molar-refractivity contribution in [3.8, 4) is 0 Å². The maximum absolute atomic E-state index is 13.6. The Kier molecular flexibility index (Phi) is 8.30. The van der Waals surface area contributed by atoms with Crippen molar-refractivity contribution >= 4 is 23.8 Å². The molecule has 3 heterocycles. The fourth-order valence-electron chi connectivity index (χ4n) is 8.85. The van der Waals surface area contributed by atoms with Crippen LogP contribution in [0.3, 0.4) is 0 Å². The van der Waals surface area contributed by atoms with Gasteiger partial charge in [0.15, 0.2) is 0 Å². The summed E-state index contributed by atoms with van der Waals surface area (Å²) in [7, 11) is -0.372. The average Bonchev–Trinajstić information content (AvgIpc) is 3.61. The second-order valence-electron chi connectivity index (χ2n) is 15.1. The van der Waals surface area contributed by atoms with Crippen LogP contribution < -0.4 is 5.32 Å². The van der Waals surface area contributed by atoms with Crippen LogP contribution in [-0.4, -0.2) is 59.4 Å². The predicted molar refractivity (Wildman–Crippen MR) is 177 cm³/mol. The predicted octanol–water partition coefficient (Wildman–Crippen LogP) is 6.65. The first-order valence-corrected chi connectivity index (χ1v) is 17.1. The van der Waals surface area contributed by atoms with E-state index in [0.29, 0.717) is 30.0 Å². The van der Waals surface area contributed by atoms with Crippen molar-refractivity contribution in [2.75, 3.05) is 6.54 Å². The third-order valence-electron chi connectivity index (χ3n) is 11.5. The number of fused-ring (bicyclic) bond motifs is 1. The Bertz CT molecular complexity index is 1510. The summed E-state index contributed by atoms with van der Waals surface area (Å²) in [6.07, 6.45) is 7.72.